The van der Waals surface area contributed by atoms with Crippen molar-refractivity contribution >= 4 is 11.6 Å². The smallest absolute Gasteiger partial charge is 0.238 e. The molecule has 0 radical (unpaired) electrons. The van der Waals surface area contributed by atoms with Crippen molar-refractivity contribution in [3.05, 3.63) is 29.8 Å². The first-order chi connectivity index (χ1) is 7.78. The van der Waals surface area contributed by atoms with Gasteiger partial charge in [0.25, 0.3) is 0 Å². The maximum Gasteiger partial charge on any atom is 0.238 e. The first kappa shape index (κ1) is 11.1. The zero-order valence-electron chi connectivity index (χ0n) is 9.07. The Morgan fingerprint density at radius 3 is 2.56 bits per heavy atom. The van der Waals surface area contributed by atoms with Gasteiger partial charge in [0.1, 0.15) is 0 Å². The maximum atomic E-state index is 11.5. The second kappa shape index (κ2) is 5.09. The number of anilines is 1. The standard InChI is InChI=1S/C12H16N2O2/c15-8-9-1-3-11(4-2-9)14-12(16)7-13-10-5-6-10/h1-4,10,13,15H,5-8H2,(H,14,16). The topological polar surface area (TPSA) is 61.4 Å². The predicted octanol–water partition coefficient (Wildman–Crippen LogP) is 0.869. The molecular weight excluding hydrogens is 204 g/mol. The summed E-state index contributed by atoms with van der Waals surface area (Å²) < 4.78 is 0. The summed E-state index contributed by atoms with van der Waals surface area (Å²) in [6, 6.07) is 7.72. The van der Waals surface area contributed by atoms with Crippen molar-refractivity contribution in [2.24, 2.45) is 0 Å². The molecule has 1 aromatic rings. The van der Waals surface area contributed by atoms with E-state index in [-0.39, 0.29) is 12.5 Å². The first-order valence-electron chi connectivity index (χ1n) is 5.51. The minimum atomic E-state index is -0.0244. The van der Waals surface area contributed by atoms with Gasteiger partial charge >= 0.3 is 0 Å². The Labute approximate surface area is 94.7 Å². The van der Waals surface area contributed by atoms with Crippen LogP contribution in [0.2, 0.25) is 0 Å². The van der Waals surface area contributed by atoms with Crippen molar-refractivity contribution in [2.75, 3.05) is 11.9 Å². The number of benzene rings is 1. The fourth-order valence-corrected chi connectivity index (χ4v) is 1.42. The third-order valence-corrected chi connectivity index (χ3v) is 2.55. The van der Waals surface area contributed by atoms with Crippen LogP contribution < -0.4 is 10.6 Å². The first-order valence-corrected chi connectivity index (χ1v) is 5.51. The zero-order valence-corrected chi connectivity index (χ0v) is 9.07. The Kier molecular flexibility index (Phi) is 3.54. The summed E-state index contributed by atoms with van der Waals surface area (Å²) in [6.45, 7) is 0.393. The maximum absolute atomic E-state index is 11.5. The van der Waals surface area contributed by atoms with Gasteiger partial charge in [-0.25, -0.2) is 0 Å². The molecular formula is C12H16N2O2. The summed E-state index contributed by atoms with van der Waals surface area (Å²) in [4.78, 5) is 11.5. The van der Waals surface area contributed by atoms with E-state index in [9.17, 15) is 4.79 Å². The van der Waals surface area contributed by atoms with Crippen LogP contribution in [0.4, 0.5) is 5.69 Å². The third-order valence-electron chi connectivity index (χ3n) is 2.55. The van der Waals surface area contributed by atoms with Crippen LogP contribution in [0, 0.1) is 0 Å². The molecule has 0 spiro atoms. The molecule has 0 heterocycles. The molecule has 0 aliphatic heterocycles. The van der Waals surface area contributed by atoms with Crippen molar-refractivity contribution in [3.8, 4) is 0 Å². The molecule has 1 aliphatic carbocycles. The number of aliphatic hydroxyl groups excluding tert-OH is 1. The van der Waals surface area contributed by atoms with Gasteiger partial charge in [-0.1, -0.05) is 12.1 Å². The summed E-state index contributed by atoms with van der Waals surface area (Å²) in [6.07, 6.45) is 2.36. The van der Waals surface area contributed by atoms with E-state index in [1.54, 1.807) is 24.3 Å². The van der Waals surface area contributed by atoms with Crippen molar-refractivity contribution in [1.82, 2.24) is 5.32 Å². The normalized spacial score (nSPS) is 14.8. The van der Waals surface area contributed by atoms with Crippen molar-refractivity contribution in [1.29, 1.82) is 0 Å². The number of amides is 1. The SMILES string of the molecule is O=C(CNC1CC1)Nc1ccc(CO)cc1. The molecule has 1 aromatic carbocycles. The van der Waals surface area contributed by atoms with Crippen LogP contribution in [0.5, 0.6) is 0 Å². The molecule has 86 valence electrons. The van der Waals surface area contributed by atoms with Crippen molar-refractivity contribution < 1.29 is 9.90 Å². The lowest BCUT2D eigenvalue weighted by atomic mass is 10.2. The Morgan fingerprint density at radius 1 is 1.31 bits per heavy atom. The molecule has 0 atom stereocenters. The molecule has 0 saturated heterocycles. The zero-order chi connectivity index (χ0) is 11.4. The minimum absolute atomic E-state index is 0.0244. The lowest BCUT2D eigenvalue weighted by molar-refractivity contribution is -0.115. The number of hydrogen-bond acceptors (Lipinski definition) is 3. The van der Waals surface area contributed by atoms with Crippen LogP contribution in [0.1, 0.15) is 18.4 Å². The minimum Gasteiger partial charge on any atom is -0.392 e. The van der Waals surface area contributed by atoms with E-state index < -0.39 is 0 Å². The van der Waals surface area contributed by atoms with Gasteiger partial charge in [-0.15, -0.1) is 0 Å². The number of carbonyl (C=O) groups excluding carboxylic acids is 1. The monoisotopic (exact) mass is 220 g/mol. The molecule has 16 heavy (non-hydrogen) atoms. The average Bonchev–Trinajstić information content (AvgIpc) is 3.11. The van der Waals surface area contributed by atoms with Crippen LogP contribution in [0.25, 0.3) is 0 Å². The Bertz CT molecular complexity index is 358. The van der Waals surface area contributed by atoms with E-state index in [4.69, 9.17) is 5.11 Å². The van der Waals surface area contributed by atoms with Crippen LogP contribution in [-0.4, -0.2) is 23.6 Å². The van der Waals surface area contributed by atoms with Crippen molar-refractivity contribution in [3.63, 3.8) is 0 Å². The fraction of sp³-hybridized carbons (Fsp3) is 0.417. The molecule has 1 amide bonds. The lowest BCUT2D eigenvalue weighted by Crippen LogP contribution is -2.29. The van der Waals surface area contributed by atoms with Gasteiger partial charge < -0.3 is 15.7 Å². The van der Waals surface area contributed by atoms with Gasteiger partial charge in [-0.05, 0) is 30.5 Å². The number of aliphatic hydroxyl groups is 1. The van der Waals surface area contributed by atoms with E-state index in [2.05, 4.69) is 10.6 Å². The van der Waals surface area contributed by atoms with Crippen molar-refractivity contribution in [2.45, 2.75) is 25.5 Å². The molecule has 1 fully saturated rings. The molecule has 1 saturated carbocycles. The van der Waals surface area contributed by atoms with Gasteiger partial charge in [-0.3, -0.25) is 4.79 Å². The molecule has 1 aliphatic rings. The predicted molar refractivity (Wildman–Crippen MR) is 62.0 cm³/mol. The largest absolute Gasteiger partial charge is 0.392 e. The quantitative estimate of drug-likeness (QED) is 0.690. The highest BCUT2D eigenvalue weighted by Crippen LogP contribution is 2.18. The van der Waals surface area contributed by atoms with Crippen LogP contribution in [-0.2, 0) is 11.4 Å². The second-order valence-corrected chi connectivity index (χ2v) is 4.06. The number of nitrogens with one attached hydrogen (secondary N) is 2. The molecule has 2 rings (SSSR count). The molecule has 0 bridgehead atoms. The fourth-order valence-electron chi connectivity index (χ4n) is 1.42. The van der Waals surface area contributed by atoms with Crippen LogP contribution in [0.15, 0.2) is 24.3 Å². The highest BCUT2D eigenvalue weighted by atomic mass is 16.3. The van der Waals surface area contributed by atoms with Crippen LogP contribution in [0.3, 0.4) is 0 Å². The summed E-state index contributed by atoms with van der Waals surface area (Å²) in [5, 5.41) is 14.8. The Morgan fingerprint density at radius 2 is 2.00 bits per heavy atom. The average molecular weight is 220 g/mol. The van der Waals surface area contributed by atoms with Gasteiger partial charge in [0.15, 0.2) is 0 Å². The lowest BCUT2D eigenvalue weighted by Gasteiger charge is -2.06. The van der Waals surface area contributed by atoms with Crippen LogP contribution >= 0.6 is 0 Å². The van der Waals surface area contributed by atoms with Gasteiger partial charge in [0.05, 0.1) is 13.2 Å². The molecule has 3 N–H and O–H groups in total. The summed E-state index contributed by atoms with van der Waals surface area (Å²) in [5.41, 5.74) is 1.61. The molecule has 4 nitrogen and oxygen atoms in total. The summed E-state index contributed by atoms with van der Waals surface area (Å²) in [5.74, 6) is -0.0244. The molecule has 0 aromatic heterocycles. The highest BCUT2D eigenvalue weighted by Gasteiger charge is 2.20. The molecule has 4 heteroatoms. The van der Waals surface area contributed by atoms with E-state index in [1.807, 2.05) is 0 Å². The van der Waals surface area contributed by atoms with E-state index >= 15 is 0 Å². The van der Waals surface area contributed by atoms with Gasteiger partial charge in [0, 0.05) is 11.7 Å². The summed E-state index contributed by atoms with van der Waals surface area (Å²) >= 11 is 0. The van der Waals surface area contributed by atoms with E-state index in [0.29, 0.717) is 12.6 Å². The van der Waals surface area contributed by atoms with Gasteiger partial charge in [0.2, 0.25) is 5.91 Å². The second-order valence-electron chi connectivity index (χ2n) is 4.06. The highest BCUT2D eigenvalue weighted by molar-refractivity contribution is 5.92. The van der Waals surface area contributed by atoms with E-state index in [1.165, 1.54) is 12.8 Å². The van der Waals surface area contributed by atoms with Gasteiger partial charge in [-0.2, -0.15) is 0 Å². The third kappa shape index (κ3) is 3.32. The Hall–Kier alpha value is -1.39. The number of hydrogen-bond donors (Lipinski definition) is 3. The molecule has 0 unspecified atom stereocenters. The van der Waals surface area contributed by atoms with E-state index in [0.717, 1.165) is 11.3 Å². The Balaban J connectivity index is 1.79. The number of rotatable bonds is 5. The summed E-state index contributed by atoms with van der Waals surface area (Å²) in [7, 11) is 0. The number of carbonyl (C=O) groups is 1.